The van der Waals surface area contributed by atoms with E-state index in [2.05, 4.69) is 29.4 Å². The molecule has 3 aromatic rings. The number of aliphatic carboxylic acids is 1. The van der Waals surface area contributed by atoms with Gasteiger partial charge in [0.1, 0.15) is 5.75 Å². The number of carbonyl (C=O) groups excluding carboxylic acids is 2. The fourth-order valence-corrected chi connectivity index (χ4v) is 5.69. The van der Waals surface area contributed by atoms with Crippen LogP contribution in [-0.4, -0.2) is 40.7 Å². The summed E-state index contributed by atoms with van der Waals surface area (Å²) in [7, 11) is 0. The number of hydrogen-bond acceptors (Lipinski definition) is 5. The van der Waals surface area contributed by atoms with E-state index < -0.39 is 24.4 Å². The fraction of sp³-hybridized carbons (Fsp3) is 0.185. The minimum atomic E-state index is -1.06. The zero-order chi connectivity index (χ0) is 23.4. The van der Waals surface area contributed by atoms with E-state index in [0.29, 0.717) is 11.3 Å². The molecule has 3 aromatic carbocycles. The lowest BCUT2D eigenvalue weighted by molar-refractivity contribution is -0.140. The normalized spacial score (nSPS) is 24.2. The minimum Gasteiger partial charge on any atom is -0.482 e. The standard InChI is InChI=1S/C27H20N2O5/c30-21(31)14-34-16-11-9-15(10-12-16)13-28-29-26(32)24-22-17-5-1-2-6-18(17)23(25(24)27(29)33)20-8-4-3-7-19(20)22/h1-13,22-25H,14H2,(H,30,31)/b28-13-/t22?,23?,24-,25-/m1/s1. The number of carboxylic acid groups (broad SMARTS) is 1. The summed E-state index contributed by atoms with van der Waals surface area (Å²) < 4.78 is 5.13. The molecular formula is C27H20N2O5. The molecule has 2 amide bonds. The number of rotatable bonds is 5. The van der Waals surface area contributed by atoms with E-state index in [4.69, 9.17) is 9.84 Å². The molecule has 1 fully saturated rings. The van der Waals surface area contributed by atoms with Gasteiger partial charge in [-0.1, -0.05) is 48.5 Å². The summed E-state index contributed by atoms with van der Waals surface area (Å²) in [6.45, 7) is -0.430. The number of carbonyl (C=O) groups is 3. The van der Waals surface area contributed by atoms with Gasteiger partial charge in [-0.2, -0.15) is 10.1 Å². The minimum absolute atomic E-state index is 0.162. The van der Waals surface area contributed by atoms with Crippen LogP contribution in [0.4, 0.5) is 0 Å². The molecule has 1 heterocycles. The predicted octanol–water partition coefficient (Wildman–Crippen LogP) is 3.38. The number of nitrogens with zero attached hydrogens (tertiary/aromatic N) is 2. The number of amides is 2. The summed E-state index contributed by atoms with van der Waals surface area (Å²) in [5.41, 5.74) is 5.15. The van der Waals surface area contributed by atoms with Crippen LogP contribution in [0.3, 0.4) is 0 Å². The third-order valence-corrected chi connectivity index (χ3v) is 6.99. The van der Waals surface area contributed by atoms with Gasteiger partial charge in [-0.3, -0.25) is 9.59 Å². The Labute approximate surface area is 195 Å². The van der Waals surface area contributed by atoms with E-state index in [1.807, 2.05) is 24.3 Å². The predicted molar refractivity (Wildman–Crippen MR) is 123 cm³/mol. The first-order valence-electron chi connectivity index (χ1n) is 11.1. The van der Waals surface area contributed by atoms with Gasteiger partial charge >= 0.3 is 5.97 Å². The van der Waals surface area contributed by atoms with Gasteiger partial charge in [-0.25, -0.2) is 4.79 Å². The quantitative estimate of drug-likeness (QED) is 0.473. The Bertz CT molecular complexity index is 1250. The molecule has 0 aromatic heterocycles. The molecule has 0 saturated carbocycles. The Morgan fingerprint density at radius 2 is 1.29 bits per heavy atom. The molecule has 2 atom stereocenters. The van der Waals surface area contributed by atoms with Gasteiger partial charge in [0.25, 0.3) is 11.8 Å². The van der Waals surface area contributed by atoms with Crippen molar-refractivity contribution in [2.45, 2.75) is 11.8 Å². The third-order valence-electron chi connectivity index (χ3n) is 6.99. The number of ether oxygens (including phenoxy) is 1. The van der Waals surface area contributed by atoms with E-state index in [1.54, 1.807) is 24.3 Å². The second kappa shape index (κ2) is 7.66. The molecule has 7 heteroatoms. The highest BCUT2D eigenvalue weighted by Gasteiger charge is 2.61. The number of imide groups is 1. The van der Waals surface area contributed by atoms with Crippen molar-refractivity contribution in [3.05, 3.63) is 101 Å². The number of hydrazone groups is 1. The molecule has 0 radical (unpaired) electrons. The zero-order valence-corrected chi connectivity index (χ0v) is 18.0. The zero-order valence-electron chi connectivity index (χ0n) is 18.0. The summed E-state index contributed by atoms with van der Waals surface area (Å²) in [6, 6.07) is 22.8. The number of hydrogen-bond donors (Lipinski definition) is 1. The maximum Gasteiger partial charge on any atom is 0.341 e. The molecule has 2 bridgehead atoms. The van der Waals surface area contributed by atoms with Gasteiger partial charge < -0.3 is 9.84 Å². The lowest BCUT2D eigenvalue weighted by Gasteiger charge is -2.45. The molecule has 7 rings (SSSR count). The smallest absolute Gasteiger partial charge is 0.341 e. The number of carboxylic acids is 1. The topological polar surface area (TPSA) is 96.3 Å². The average molecular weight is 452 g/mol. The molecule has 1 N–H and O–H groups in total. The number of benzene rings is 3. The van der Waals surface area contributed by atoms with E-state index in [-0.39, 0.29) is 23.7 Å². The lowest BCUT2D eigenvalue weighted by atomic mass is 9.55. The highest BCUT2D eigenvalue weighted by atomic mass is 16.5. The van der Waals surface area contributed by atoms with Crippen LogP contribution in [0.1, 0.15) is 39.7 Å². The first-order valence-corrected chi connectivity index (χ1v) is 11.1. The van der Waals surface area contributed by atoms with E-state index in [0.717, 1.165) is 27.3 Å². The van der Waals surface area contributed by atoms with Gasteiger partial charge in [-0.15, -0.1) is 0 Å². The molecule has 1 saturated heterocycles. The summed E-state index contributed by atoms with van der Waals surface area (Å²) >= 11 is 0. The highest BCUT2D eigenvalue weighted by molar-refractivity contribution is 6.08. The second-order valence-corrected chi connectivity index (χ2v) is 8.75. The summed E-state index contributed by atoms with van der Waals surface area (Å²) in [5, 5.41) is 14.0. The van der Waals surface area contributed by atoms with Crippen LogP contribution in [0, 0.1) is 11.8 Å². The van der Waals surface area contributed by atoms with Crippen molar-refractivity contribution in [3.8, 4) is 5.75 Å². The van der Waals surface area contributed by atoms with Crippen LogP contribution >= 0.6 is 0 Å². The Morgan fingerprint density at radius 3 is 1.74 bits per heavy atom. The molecule has 1 aliphatic heterocycles. The van der Waals surface area contributed by atoms with Crippen LogP contribution in [0.25, 0.3) is 0 Å². The van der Waals surface area contributed by atoms with Crippen molar-refractivity contribution >= 4 is 24.0 Å². The molecule has 168 valence electrons. The monoisotopic (exact) mass is 452 g/mol. The molecule has 0 unspecified atom stereocenters. The van der Waals surface area contributed by atoms with Crippen LogP contribution < -0.4 is 4.74 Å². The molecular weight excluding hydrogens is 432 g/mol. The van der Waals surface area contributed by atoms with Crippen molar-refractivity contribution in [1.82, 2.24) is 5.01 Å². The highest BCUT2D eigenvalue weighted by Crippen LogP contribution is 2.60. The van der Waals surface area contributed by atoms with Gasteiger partial charge in [0.2, 0.25) is 0 Å². The molecule has 34 heavy (non-hydrogen) atoms. The van der Waals surface area contributed by atoms with Crippen molar-refractivity contribution in [2.24, 2.45) is 16.9 Å². The third kappa shape index (κ3) is 2.97. The summed E-state index contributed by atoms with van der Waals surface area (Å²) in [4.78, 5) is 37.6. The Balaban J connectivity index is 1.31. The van der Waals surface area contributed by atoms with Gasteiger partial charge in [0, 0.05) is 11.8 Å². The van der Waals surface area contributed by atoms with Gasteiger partial charge in [-0.05, 0) is 52.1 Å². The summed E-state index contributed by atoms with van der Waals surface area (Å²) in [5.74, 6) is -2.45. The maximum absolute atomic E-state index is 13.5. The molecule has 0 spiro atoms. The maximum atomic E-state index is 13.5. The van der Waals surface area contributed by atoms with E-state index >= 15 is 0 Å². The van der Waals surface area contributed by atoms with Crippen LogP contribution in [0.15, 0.2) is 77.9 Å². The SMILES string of the molecule is O=C(O)COc1ccc(/C=N\N2C(=O)[C@@H]3C4c5ccccc5C(c5ccccc54)[C@H]3C2=O)cc1. The van der Waals surface area contributed by atoms with Crippen molar-refractivity contribution in [3.63, 3.8) is 0 Å². The van der Waals surface area contributed by atoms with Crippen molar-refractivity contribution in [2.75, 3.05) is 6.61 Å². The fourth-order valence-electron chi connectivity index (χ4n) is 5.69. The second-order valence-electron chi connectivity index (χ2n) is 8.75. The van der Waals surface area contributed by atoms with Gasteiger partial charge in [0.05, 0.1) is 18.1 Å². The molecule has 3 aliphatic carbocycles. The Kier molecular flexibility index (Phi) is 4.58. The van der Waals surface area contributed by atoms with Crippen LogP contribution in [0.2, 0.25) is 0 Å². The first-order chi connectivity index (χ1) is 16.5. The largest absolute Gasteiger partial charge is 0.482 e. The van der Waals surface area contributed by atoms with Crippen LogP contribution in [-0.2, 0) is 14.4 Å². The lowest BCUT2D eigenvalue weighted by Crippen LogP contribution is -2.41. The van der Waals surface area contributed by atoms with Crippen molar-refractivity contribution in [1.29, 1.82) is 0 Å². The van der Waals surface area contributed by atoms with Crippen LogP contribution in [0.5, 0.6) is 5.75 Å². The van der Waals surface area contributed by atoms with E-state index in [1.165, 1.54) is 6.21 Å². The van der Waals surface area contributed by atoms with Gasteiger partial charge in [0.15, 0.2) is 6.61 Å². The summed E-state index contributed by atoms with van der Waals surface area (Å²) in [6.07, 6.45) is 1.47. The molecule has 4 aliphatic rings. The molecule has 7 nitrogen and oxygen atoms in total. The first kappa shape index (κ1) is 20.4. The van der Waals surface area contributed by atoms with Crippen molar-refractivity contribution < 1.29 is 24.2 Å². The average Bonchev–Trinajstić information content (AvgIpc) is 3.12. The van der Waals surface area contributed by atoms with E-state index in [9.17, 15) is 14.4 Å². The Morgan fingerprint density at radius 1 is 0.824 bits per heavy atom. The Hall–Kier alpha value is -4.26.